The van der Waals surface area contributed by atoms with Crippen LogP contribution in [0.1, 0.15) is 10.7 Å². The van der Waals surface area contributed by atoms with E-state index in [1.807, 2.05) is 0 Å². The molecule has 7 nitrogen and oxygen atoms in total. The third-order valence-electron chi connectivity index (χ3n) is 3.00. The van der Waals surface area contributed by atoms with Gasteiger partial charge in [-0.05, 0) is 26.0 Å². The number of nitrogens with one attached hydrogen (secondary N) is 1. The van der Waals surface area contributed by atoms with Gasteiger partial charge in [0, 0.05) is 6.07 Å². The van der Waals surface area contributed by atoms with Gasteiger partial charge in [0.25, 0.3) is 10.0 Å². The Morgan fingerprint density at radius 2 is 2.00 bits per heavy atom. The number of hydrogen-bond donors (Lipinski definition) is 1. The summed E-state index contributed by atoms with van der Waals surface area (Å²) in [5.74, 6) is -0.535. The van der Waals surface area contributed by atoms with Crippen molar-refractivity contribution in [2.75, 3.05) is 4.72 Å². The van der Waals surface area contributed by atoms with Crippen molar-refractivity contribution < 1.29 is 26.3 Å². The van der Waals surface area contributed by atoms with E-state index in [0.717, 1.165) is 12.1 Å². The van der Waals surface area contributed by atoms with Gasteiger partial charge in [0.15, 0.2) is 0 Å². The van der Waals surface area contributed by atoms with Gasteiger partial charge >= 0.3 is 6.36 Å². The van der Waals surface area contributed by atoms with Crippen LogP contribution < -0.4 is 9.46 Å². The van der Waals surface area contributed by atoms with Crippen molar-refractivity contribution in [3.05, 3.63) is 35.0 Å². The minimum Gasteiger partial charge on any atom is -0.406 e. The van der Waals surface area contributed by atoms with E-state index in [1.54, 1.807) is 6.92 Å². The number of imidazole rings is 1. The lowest BCUT2D eigenvalue weighted by Crippen LogP contribution is -2.18. The molecular formula is C13H11F3N4O3S2. The fourth-order valence-corrected chi connectivity index (χ4v) is 4.36. The van der Waals surface area contributed by atoms with Crippen molar-refractivity contribution in [1.29, 1.82) is 0 Å². The van der Waals surface area contributed by atoms with E-state index < -0.39 is 22.1 Å². The van der Waals surface area contributed by atoms with Crippen LogP contribution in [0.2, 0.25) is 0 Å². The Balaban J connectivity index is 1.96. The summed E-state index contributed by atoms with van der Waals surface area (Å²) in [6.45, 7) is 3.21. The number of rotatable bonds is 4. The minimum atomic E-state index is -4.87. The van der Waals surface area contributed by atoms with Gasteiger partial charge in [0.05, 0.1) is 11.4 Å². The zero-order chi connectivity index (χ0) is 18.4. The predicted octanol–water partition coefficient (Wildman–Crippen LogP) is 3.11. The molecule has 12 heteroatoms. The molecule has 2 aromatic heterocycles. The topological polar surface area (TPSA) is 85.6 Å². The van der Waals surface area contributed by atoms with Crippen LogP contribution in [0, 0.1) is 13.8 Å². The number of hydrogen-bond acceptors (Lipinski definition) is 6. The van der Waals surface area contributed by atoms with Gasteiger partial charge in [0.2, 0.25) is 9.99 Å². The number of halogens is 3. The molecule has 3 rings (SSSR count). The third-order valence-corrected chi connectivity index (χ3v) is 5.31. The van der Waals surface area contributed by atoms with E-state index in [0.29, 0.717) is 9.97 Å². The highest BCUT2D eigenvalue weighted by molar-refractivity contribution is 7.92. The molecule has 0 saturated carbocycles. The number of alkyl halides is 3. The molecule has 0 aliphatic carbocycles. The second-order valence-electron chi connectivity index (χ2n) is 5.00. The summed E-state index contributed by atoms with van der Waals surface area (Å²) < 4.78 is 69.3. The maximum atomic E-state index is 12.6. The van der Waals surface area contributed by atoms with Crippen molar-refractivity contribution >= 4 is 32.0 Å². The summed E-state index contributed by atoms with van der Waals surface area (Å²) in [5, 5.41) is 4.54. The van der Waals surface area contributed by atoms with Crippen molar-refractivity contribution in [3.63, 3.8) is 0 Å². The predicted molar refractivity (Wildman–Crippen MR) is 84.3 cm³/mol. The average molecular weight is 392 g/mol. The molecule has 0 aliphatic heterocycles. The van der Waals surface area contributed by atoms with Crippen molar-refractivity contribution in [3.8, 4) is 5.75 Å². The number of ether oxygens (including phenoxy) is 1. The van der Waals surface area contributed by atoms with Gasteiger partial charge in [-0.15, -0.1) is 13.2 Å². The van der Waals surface area contributed by atoms with Crippen LogP contribution >= 0.6 is 11.3 Å². The summed E-state index contributed by atoms with van der Waals surface area (Å²) >= 11 is 1.22. The van der Waals surface area contributed by atoms with E-state index >= 15 is 0 Å². The minimum absolute atomic E-state index is 0.0805. The number of benzene rings is 1. The zero-order valence-corrected chi connectivity index (χ0v) is 14.5. The molecule has 2 heterocycles. The van der Waals surface area contributed by atoms with Gasteiger partial charge in [0.1, 0.15) is 10.8 Å². The molecule has 0 fully saturated rings. The van der Waals surface area contributed by atoms with E-state index in [9.17, 15) is 21.6 Å². The number of nitrogens with zero attached hydrogens (tertiary/aromatic N) is 3. The number of fused-ring (bicyclic) bond motifs is 1. The lowest BCUT2D eigenvalue weighted by atomic mass is 10.3. The molecule has 0 aliphatic rings. The Hall–Kier alpha value is -2.34. The van der Waals surface area contributed by atoms with Crippen molar-refractivity contribution in [2.45, 2.75) is 25.2 Å². The highest BCUT2D eigenvalue weighted by Gasteiger charge is 2.31. The second-order valence-corrected chi connectivity index (χ2v) is 7.76. The Morgan fingerprint density at radius 1 is 1.28 bits per heavy atom. The standard InChI is InChI=1S/C13H11F3N4O3S2/c1-7-11(20-12(17-7)24-8(2)18-20)25(21,22)19-9-4-3-5-10(6-9)23-13(14,15)16/h3-6,19H,1-2H3. The van der Waals surface area contributed by atoms with Crippen molar-refractivity contribution in [1.82, 2.24) is 14.6 Å². The Morgan fingerprint density at radius 3 is 2.68 bits per heavy atom. The summed E-state index contributed by atoms with van der Waals surface area (Å²) in [5.41, 5.74) is 0.150. The van der Waals surface area contributed by atoms with Gasteiger partial charge in [-0.25, -0.2) is 4.98 Å². The quantitative estimate of drug-likeness (QED) is 0.737. The molecule has 134 valence electrons. The molecule has 0 atom stereocenters. The highest BCUT2D eigenvalue weighted by Crippen LogP contribution is 2.27. The first-order chi connectivity index (χ1) is 11.5. The Kier molecular flexibility index (Phi) is 4.11. The summed E-state index contributed by atoms with van der Waals surface area (Å²) in [6, 6.07) is 4.55. The molecule has 1 N–H and O–H groups in total. The molecule has 0 unspecified atom stereocenters. The zero-order valence-electron chi connectivity index (χ0n) is 12.8. The maximum Gasteiger partial charge on any atom is 0.573 e. The Labute approximate surface area is 144 Å². The van der Waals surface area contributed by atoms with E-state index in [2.05, 4.69) is 19.5 Å². The van der Waals surface area contributed by atoms with Crippen molar-refractivity contribution in [2.24, 2.45) is 0 Å². The number of aryl methyl sites for hydroxylation is 2. The summed E-state index contributed by atoms with van der Waals surface area (Å²) in [6.07, 6.45) is -4.87. The number of aromatic nitrogens is 3. The third kappa shape index (κ3) is 3.69. The summed E-state index contributed by atoms with van der Waals surface area (Å²) in [4.78, 5) is 4.54. The first-order valence-corrected chi connectivity index (χ1v) is 9.06. The SMILES string of the molecule is Cc1nn2c(S(=O)(=O)Nc3cccc(OC(F)(F)F)c3)c(C)nc2s1. The smallest absolute Gasteiger partial charge is 0.406 e. The molecule has 1 aromatic carbocycles. The molecule has 0 bridgehead atoms. The lowest BCUT2D eigenvalue weighted by Gasteiger charge is -2.11. The van der Waals surface area contributed by atoms with Crippen LogP contribution in [0.25, 0.3) is 4.96 Å². The maximum absolute atomic E-state index is 12.6. The normalized spacial score (nSPS) is 12.5. The Bertz CT molecular complexity index is 1040. The molecule has 0 saturated heterocycles. The van der Waals surface area contributed by atoms with Gasteiger partial charge in [-0.3, -0.25) is 4.72 Å². The molecule has 0 spiro atoms. The fourth-order valence-electron chi connectivity index (χ4n) is 2.19. The van der Waals surface area contributed by atoms with E-state index in [4.69, 9.17) is 0 Å². The van der Waals surface area contributed by atoms with Crippen LogP contribution in [-0.2, 0) is 10.0 Å². The highest BCUT2D eigenvalue weighted by atomic mass is 32.2. The summed E-state index contributed by atoms with van der Waals surface area (Å²) in [7, 11) is -4.12. The van der Waals surface area contributed by atoms with Crippen LogP contribution in [-0.4, -0.2) is 29.4 Å². The van der Waals surface area contributed by atoms with Gasteiger partial charge in [-0.2, -0.15) is 18.0 Å². The number of anilines is 1. The number of sulfonamides is 1. The van der Waals surface area contributed by atoms with E-state index in [-0.39, 0.29) is 16.4 Å². The van der Waals surface area contributed by atoms with Crippen LogP contribution in [0.3, 0.4) is 0 Å². The first-order valence-electron chi connectivity index (χ1n) is 6.76. The molecule has 25 heavy (non-hydrogen) atoms. The lowest BCUT2D eigenvalue weighted by molar-refractivity contribution is -0.274. The molecule has 0 amide bonds. The largest absolute Gasteiger partial charge is 0.573 e. The molecular weight excluding hydrogens is 381 g/mol. The average Bonchev–Trinajstić information content (AvgIpc) is 2.90. The van der Waals surface area contributed by atoms with Crippen LogP contribution in [0.5, 0.6) is 5.75 Å². The fraction of sp³-hybridized carbons (Fsp3) is 0.231. The monoisotopic (exact) mass is 392 g/mol. The molecule has 0 radical (unpaired) electrons. The molecule has 3 aromatic rings. The van der Waals surface area contributed by atoms with Gasteiger partial charge < -0.3 is 4.74 Å². The van der Waals surface area contributed by atoms with E-state index in [1.165, 1.54) is 34.9 Å². The second kappa shape index (κ2) is 5.88. The van der Waals surface area contributed by atoms with Crippen LogP contribution in [0.4, 0.5) is 18.9 Å². The van der Waals surface area contributed by atoms with Crippen LogP contribution in [0.15, 0.2) is 29.3 Å². The first kappa shape index (κ1) is 17.5. The van der Waals surface area contributed by atoms with Gasteiger partial charge in [-0.1, -0.05) is 17.4 Å².